The monoisotopic (exact) mass is 520 g/mol. The third kappa shape index (κ3) is 2.97. The molecule has 9 rings (SSSR count). The summed E-state index contributed by atoms with van der Waals surface area (Å²) < 4.78 is 0. The van der Waals surface area contributed by atoms with Gasteiger partial charge in [0.15, 0.2) is 5.82 Å². The van der Waals surface area contributed by atoms with Crippen LogP contribution in [0.4, 0.5) is 0 Å². The number of fused-ring (bicyclic) bond motifs is 11. The van der Waals surface area contributed by atoms with Gasteiger partial charge >= 0.3 is 0 Å². The quantitative estimate of drug-likeness (QED) is 0.227. The van der Waals surface area contributed by atoms with Crippen LogP contribution >= 0.6 is 0 Å². The molecule has 1 spiro atoms. The fraction of sp³-hybridized carbons (Fsp3) is 0.0256. The lowest BCUT2D eigenvalue weighted by Crippen LogP contribution is -2.25. The molecule has 1 heterocycles. The van der Waals surface area contributed by atoms with Crippen LogP contribution < -0.4 is 0 Å². The second-order valence-corrected chi connectivity index (χ2v) is 10.9. The minimum Gasteiger partial charge on any atom is -0.228 e. The van der Waals surface area contributed by atoms with Gasteiger partial charge in [0.05, 0.1) is 16.6 Å². The summed E-state index contributed by atoms with van der Waals surface area (Å²) in [6.07, 6.45) is 0. The predicted octanol–water partition coefficient (Wildman–Crippen LogP) is 9.31. The van der Waals surface area contributed by atoms with Gasteiger partial charge in [-0.15, -0.1) is 0 Å². The molecule has 0 radical (unpaired) electrons. The van der Waals surface area contributed by atoms with Gasteiger partial charge in [-0.05, 0) is 56.6 Å². The summed E-state index contributed by atoms with van der Waals surface area (Å²) in [4.78, 5) is 10.1. The number of nitrogens with zero attached hydrogens (tertiary/aromatic N) is 2. The molecule has 41 heavy (non-hydrogen) atoms. The number of para-hydroxylation sites is 1. The molecule has 0 bridgehead atoms. The molecule has 0 aliphatic heterocycles. The van der Waals surface area contributed by atoms with Crippen molar-refractivity contribution in [3.05, 3.63) is 168 Å². The third-order valence-corrected chi connectivity index (χ3v) is 8.91. The van der Waals surface area contributed by atoms with Crippen molar-refractivity contribution in [1.82, 2.24) is 9.97 Å². The van der Waals surface area contributed by atoms with E-state index in [1.165, 1.54) is 44.5 Å². The van der Waals surface area contributed by atoms with Gasteiger partial charge in [0, 0.05) is 16.5 Å². The number of aromatic nitrogens is 2. The van der Waals surface area contributed by atoms with Crippen molar-refractivity contribution in [3.63, 3.8) is 0 Å². The molecule has 2 aliphatic rings. The molecule has 0 amide bonds. The zero-order valence-electron chi connectivity index (χ0n) is 22.3. The SMILES string of the molecule is c1ccc(-c2nc(-c3ccc4c(c3)-c3ccccc3C43c4ccccc4-c4ccccc43)c3ccccc3n2)cc1. The normalized spacial score (nSPS) is 13.6. The lowest BCUT2D eigenvalue weighted by Gasteiger charge is -2.30. The highest BCUT2D eigenvalue weighted by atomic mass is 14.9. The molecule has 2 heteroatoms. The summed E-state index contributed by atoms with van der Waals surface area (Å²) in [5.41, 5.74) is 14.3. The zero-order valence-corrected chi connectivity index (χ0v) is 22.3. The summed E-state index contributed by atoms with van der Waals surface area (Å²) in [6.45, 7) is 0. The molecule has 7 aromatic rings. The highest BCUT2D eigenvalue weighted by Gasteiger charge is 2.51. The van der Waals surface area contributed by atoms with E-state index in [0.717, 1.165) is 33.5 Å². The standard InChI is InChI=1S/C39H24N2/c1-2-12-25(13-3-1)38-40-36-21-11-7-17-30(36)37(41-38)26-22-23-35-31(24-26)29-16-6-10-20-34(29)39(35)32-18-8-4-14-27(32)28-15-5-9-19-33(28)39/h1-24H. The molecule has 0 unspecified atom stereocenters. The van der Waals surface area contributed by atoms with E-state index in [0.29, 0.717) is 0 Å². The van der Waals surface area contributed by atoms with Gasteiger partial charge in [0.25, 0.3) is 0 Å². The first-order chi connectivity index (χ1) is 20.3. The molecule has 0 atom stereocenters. The molecule has 6 aromatic carbocycles. The van der Waals surface area contributed by atoms with E-state index in [1.807, 2.05) is 24.3 Å². The van der Waals surface area contributed by atoms with Gasteiger partial charge in [-0.3, -0.25) is 0 Å². The van der Waals surface area contributed by atoms with E-state index in [4.69, 9.17) is 9.97 Å². The second-order valence-electron chi connectivity index (χ2n) is 10.9. The first kappa shape index (κ1) is 22.5. The van der Waals surface area contributed by atoms with Gasteiger partial charge < -0.3 is 0 Å². The third-order valence-electron chi connectivity index (χ3n) is 8.91. The Bertz CT molecular complexity index is 2110. The Kier molecular flexibility index (Phi) is 4.57. The molecule has 0 fully saturated rings. The van der Waals surface area contributed by atoms with Crippen molar-refractivity contribution in [2.24, 2.45) is 0 Å². The van der Waals surface area contributed by atoms with Crippen molar-refractivity contribution in [2.45, 2.75) is 5.41 Å². The lowest BCUT2D eigenvalue weighted by molar-refractivity contribution is 0.794. The van der Waals surface area contributed by atoms with Crippen LogP contribution in [0, 0.1) is 0 Å². The van der Waals surface area contributed by atoms with Crippen molar-refractivity contribution >= 4 is 10.9 Å². The van der Waals surface area contributed by atoms with E-state index < -0.39 is 0 Å². The Morgan fingerprint density at radius 3 is 1.61 bits per heavy atom. The van der Waals surface area contributed by atoms with Crippen LogP contribution in [0.1, 0.15) is 22.3 Å². The Morgan fingerprint density at radius 2 is 0.927 bits per heavy atom. The van der Waals surface area contributed by atoms with Crippen LogP contribution in [0.5, 0.6) is 0 Å². The molecule has 0 N–H and O–H groups in total. The number of hydrogen-bond donors (Lipinski definition) is 0. The van der Waals surface area contributed by atoms with Crippen molar-refractivity contribution < 1.29 is 0 Å². The van der Waals surface area contributed by atoms with Crippen LogP contribution in [0.25, 0.3) is 55.8 Å². The van der Waals surface area contributed by atoms with Gasteiger partial charge in [-0.1, -0.05) is 133 Å². The predicted molar refractivity (Wildman–Crippen MR) is 167 cm³/mol. The van der Waals surface area contributed by atoms with Crippen molar-refractivity contribution in [3.8, 4) is 44.9 Å². The van der Waals surface area contributed by atoms with E-state index in [-0.39, 0.29) is 5.41 Å². The minimum absolute atomic E-state index is 0.333. The van der Waals surface area contributed by atoms with E-state index in [9.17, 15) is 0 Å². The molecule has 2 nitrogen and oxygen atoms in total. The largest absolute Gasteiger partial charge is 0.228 e. The van der Waals surface area contributed by atoms with Gasteiger partial charge in [0.2, 0.25) is 0 Å². The maximum absolute atomic E-state index is 5.17. The average molecular weight is 521 g/mol. The highest BCUT2D eigenvalue weighted by Crippen LogP contribution is 2.62. The molecular formula is C39H24N2. The number of hydrogen-bond acceptors (Lipinski definition) is 2. The van der Waals surface area contributed by atoms with Crippen LogP contribution in [0.2, 0.25) is 0 Å². The molecule has 0 saturated carbocycles. The smallest absolute Gasteiger partial charge is 0.160 e. The fourth-order valence-corrected chi connectivity index (χ4v) is 7.26. The maximum atomic E-state index is 5.17. The summed E-state index contributed by atoms with van der Waals surface area (Å²) in [6, 6.07) is 52.4. The van der Waals surface area contributed by atoms with Crippen LogP contribution in [-0.2, 0) is 5.41 Å². The Hall–Kier alpha value is -5.34. The molecule has 190 valence electrons. The number of benzene rings is 6. The summed E-state index contributed by atoms with van der Waals surface area (Å²) >= 11 is 0. The van der Waals surface area contributed by atoms with E-state index >= 15 is 0 Å². The fourth-order valence-electron chi connectivity index (χ4n) is 7.26. The average Bonchev–Trinajstić information content (AvgIpc) is 3.52. The summed E-state index contributed by atoms with van der Waals surface area (Å²) in [5, 5.41) is 1.06. The van der Waals surface area contributed by atoms with E-state index in [2.05, 4.69) is 121 Å². The Morgan fingerprint density at radius 1 is 0.390 bits per heavy atom. The van der Waals surface area contributed by atoms with Crippen LogP contribution in [-0.4, -0.2) is 9.97 Å². The summed E-state index contributed by atoms with van der Waals surface area (Å²) in [5.74, 6) is 0.746. The number of rotatable bonds is 2. The molecule has 0 saturated heterocycles. The Balaban J connectivity index is 1.34. The van der Waals surface area contributed by atoms with Gasteiger partial charge in [0.1, 0.15) is 0 Å². The minimum atomic E-state index is -0.333. The van der Waals surface area contributed by atoms with Crippen LogP contribution in [0.15, 0.2) is 146 Å². The molecular weight excluding hydrogens is 496 g/mol. The van der Waals surface area contributed by atoms with Gasteiger partial charge in [-0.2, -0.15) is 0 Å². The molecule has 1 aromatic heterocycles. The highest BCUT2D eigenvalue weighted by molar-refractivity contribution is 5.98. The van der Waals surface area contributed by atoms with Crippen molar-refractivity contribution in [2.75, 3.05) is 0 Å². The topological polar surface area (TPSA) is 25.8 Å². The van der Waals surface area contributed by atoms with Gasteiger partial charge in [-0.25, -0.2) is 9.97 Å². The van der Waals surface area contributed by atoms with E-state index in [1.54, 1.807) is 0 Å². The first-order valence-corrected chi connectivity index (χ1v) is 14.1. The first-order valence-electron chi connectivity index (χ1n) is 14.1. The van der Waals surface area contributed by atoms with Crippen LogP contribution in [0.3, 0.4) is 0 Å². The molecule has 2 aliphatic carbocycles. The maximum Gasteiger partial charge on any atom is 0.160 e. The summed E-state index contributed by atoms with van der Waals surface area (Å²) in [7, 11) is 0. The lowest BCUT2D eigenvalue weighted by atomic mass is 9.70. The Labute approximate surface area is 238 Å². The van der Waals surface area contributed by atoms with Crippen molar-refractivity contribution in [1.29, 1.82) is 0 Å². The second kappa shape index (κ2) is 8.33. The zero-order chi connectivity index (χ0) is 27.0.